The number of hydrogen-bond donors (Lipinski definition) is 1. The Hall–Kier alpha value is -1.56. The molecule has 3 nitrogen and oxygen atoms in total. The lowest BCUT2D eigenvalue weighted by molar-refractivity contribution is 0.0942. The predicted molar refractivity (Wildman–Crippen MR) is 64.3 cm³/mol. The van der Waals surface area contributed by atoms with E-state index in [1.54, 1.807) is 0 Å². The van der Waals surface area contributed by atoms with Crippen LogP contribution in [-0.2, 0) is 0 Å². The second-order valence-corrected chi connectivity index (χ2v) is 4.74. The Morgan fingerprint density at radius 1 is 1.37 bits per heavy atom. The Balaban J connectivity index is 2.00. The number of nitrogens with one attached hydrogen (secondary N) is 1. The molecule has 104 valence electrons. The van der Waals surface area contributed by atoms with Gasteiger partial charge in [0, 0.05) is 18.2 Å². The van der Waals surface area contributed by atoms with E-state index in [2.05, 4.69) is 10.2 Å². The smallest absolute Gasteiger partial charge is 0.251 e. The second kappa shape index (κ2) is 5.61. The van der Waals surface area contributed by atoms with Crippen LogP contribution in [0.3, 0.4) is 0 Å². The second-order valence-electron chi connectivity index (χ2n) is 4.74. The predicted octanol–water partition coefficient (Wildman–Crippen LogP) is 1.93. The summed E-state index contributed by atoms with van der Waals surface area (Å²) in [6.45, 7) is 1.39. The Morgan fingerprint density at radius 2 is 2.00 bits per heavy atom. The molecule has 1 heterocycles. The van der Waals surface area contributed by atoms with Crippen molar-refractivity contribution in [2.24, 2.45) is 0 Å². The van der Waals surface area contributed by atoms with Gasteiger partial charge in [-0.1, -0.05) is 0 Å². The van der Waals surface area contributed by atoms with E-state index in [1.807, 2.05) is 7.05 Å². The van der Waals surface area contributed by atoms with Crippen molar-refractivity contribution in [2.45, 2.75) is 18.9 Å². The fourth-order valence-electron chi connectivity index (χ4n) is 2.24. The van der Waals surface area contributed by atoms with Gasteiger partial charge in [-0.2, -0.15) is 0 Å². The molecule has 0 bridgehead atoms. The van der Waals surface area contributed by atoms with Crippen LogP contribution in [0.25, 0.3) is 0 Å². The summed E-state index contributed by atoms with van der Waals surface area (Å²) >= 11 is 0. The first kappa shape index (κ1) is 13.9. The zero-order chi connectivity index (χ0) is 14.0. The average molecular weight is 272 g/mol. The monoisotopic (exact) mass is 272 g/mol. The fourth-order valence-corrected chi connectivity index (χ4v) is 2.24. The molecule has 1 saturated heterocycles. The van der Waals surface area contributed by atoms with Crippen molar-refractivity contribution in [1.82, 2.24) is 10.2 Å². The van der Waals surface area contributed by atoms with Crippen molar-refractivity contribution in [1.29, 1.82) is 0 Å². The van der Waals surface area contributed by atoms with Crippen LogP contribution in [0.15, 0.2) is 12.1 Å². The normalized spacial score (nSPS) is 19.7. The summed E-state index contributed by atoms with van der Waals surface area (Å²) in [5.41, 5.74) is -0.211. The number of hydrogen-bond acceptors (Lipinski definition) is 2. The number of nitrogens with zero attached hydrogens (tertiary/aromatic N) is 1. The number of carbonyl (C=O) groups is 1. The van der Waals surface area contributed by atoms with E-state index >= 15 is 0 Å². The lowest BCUT2D eigenvalue weighted by Gasteiger charge is -2.19. The fraction of sp³-hybridized carbons (Fsp3) is 0.462. The molecule has 0 saturated carbocycles. The van der Waals surface area contributed by atoms with Gasteiger partial charge in [-0.25, -0.2) is 13.2 Å². The molecule has 1 fully saturated rings. The Labute approximate surface area is 109 Å². The van der Waals surface area contributed by atoms with Crippen LogP contribution in [-0.4, -0.2) is 37.0 Å². The van der Waals surface area contributed by atoms with Gasteiger partial charge >= 0.3 is 0 Å². The first-order valence-electron chi connectivity index (χ1n) is 6.12. The third-order valence-electron chi connectivity index (χ3n) is 3.42. The van der Waals surface area contributed by atoms with Gasteiger partial charge in [0.1, 0.15) is 0 Å². The number of rotatable bonds is 3. The minimum absolute atomic E-state index is 0.211. The molecule has 0 aromatic heterocycles. The van der Waals surface area contributed by atoms with Gasteiger partial charge in [-0.05, 0) is 38.6 Å². The molecule has 6 heteroatoms. The summed E-state index contributed by atoms with van der Waals surface area (Å²) in [5, 5.41) is 2.61. The van der Waals surface area contributed by atoms with Crippen LogP contribution in [0.2, 0.25) is 0 Å². The molecule has 0 radical (unpaired) electrons. The van der Waals surface area contributed by atoms with Gasteiger partial charge < -0.3 is 10.2 Å². The molecule has 1 atom stereocenters. The first-order valence-corrected chi connectivity index (χ1v) is 6.12. The topological polar surface area (TPSA) is 32.3 Å². The van der Waals surface area contributed by atoms with Gasteiger partial charge in [0.2, 0.25) is 0 Å². The zero-order valence-electron chi connectivity index (χ0n) is 10.5. The van der Waals surface area contributed by atoms with Crippen molar-refractivity contribution < 1.29 is 18.0 Å². The van der Waals surface area contributed by atoms with Crippen LogP contribution in [0.4, 0.5) is 13.2 Å². The highest BCUT2D eigenvalue weighted by molar-refractivity contribution is 5.94. The van der Waals surface area contributed by atoms with Crippen molar-refractivity contribution in [2.75, 3.05) is 20.1 Å². The summed E-state index contributed by atoms with van der Waals surface area (Å²) in [6.07, 6.45) is 2.04. The van der Waals surface area contributed by atoms with Crippen LogP contribution < -0.4 is 5.32 Å². The van der Waals surface area contributed by atoms with Gasteiger partial charge in [0.25, 0.3) is 5.91 Å². The number of benzene rings is 1. The van der Waals surface area contributed by atoms with E-state index in [0.29, 0.717) is 18.7 Å². The maximum Gasteiger partial charge on any atom is 0.251 e. The zero-order valence-corrected chi connectivity index (χ0v) is 10.5. The van der Waals surface area contributed by atoms with Gasteiger partial charge in [-0.15, -0.1) is 0 Å². The van der Waals surface area contributed by atoms with E-state index in [4.69, 9.17) is 0 Å². The van der Waals surface area contributed by atoms with Gasteiger partial charge in [-0.3, -0.25) is 4.79 Å². The molecular formula is C13H15F3N2O. The molecule has 1 aromatic rings. The molecule has 1 unspecified atom stereocenters. The molecule has 1 aromatic carbocycles. The summed E-state index contributed by atoms with van der Waals surface area (Å²) in [5.74, 6) is -4.88. The van der Waals surface area contributed by atoms with Crippen LogP contribution in [0.5, 0.6) is 0 Å². The van der Waals surface area contributed by atoms with Crippen LogP contribution >= 0.6 is 0 Å². The van der Waals surface area contributed by atoms with Gasteiger partial charge in [0.05, 0.1) is 0 Å². The Morgan fingerprint density at radius 3 is 2.53 bits per heavy atom. The first-order chi connectivity index (χ1) is 8.99. The quantitative estimate of drug-likeness (QED) is 0.853. The van der Waals surface area contributed by atoms with Crippen LogP contribution in [0, 0.1) is 17.5 Å². The largest absolute Gasteiger partial charge is 0.350 e. The summed E-state index contributed by atoms with van der Waals surface area (Å²) in [6, 6.07) is 1.64. The molecule has 0 aliphatic carbocycles. The van der Waals surface area contributed by atoms with Gasteiger partial charge in [0.15, 0.2) is 17.5 Å². The lowest BCUT2D eigenvalue weighted by atomic mass is 10.1. The maximum atomic E-state index is 13.0. The molecule has 1 aliphatic heterocycles. The standard InChI is InChI=1S/C13H15F3N2O/c1-18-4-2-3-9(18)7-17-13(19)8-5-10(14)12(16)11(15)6-8/h5-6,9H,2-4,7H2,1H3,(H,17,19). The average Bonchev–Trinajstić information content (AvgIpc) is 2.78. The summed E-state index contributed by atoms with van der Waals surface area (Å²) in [7, 11) is 1.96. The van der Waals surface area contributed by atoms with Crippen molar-refractivity contribution >= 4 is 5.91 Å². The minimum atomic E-state index is -1.56. The lowest BCUT2D eigenvalue weighted by Crippen LogP contribution is -2.38. The third kappa shape index (κ3) is 3.07. The molecular weight excluding hydrogens is 257 g/mol. The Kier molecular flexibility index (Phi) is 4.09. The van der Waals surface area contributed by atoms with Crippen LogP contribution in [0.1, 0.15) is 23.2 Å². The minimum Gasteiger partial charge on any atom is -0.350 e. The highest BCUT2D eigenvalue weighted by Gasteiger charge is 2.22. The molecule has 1 amide bonds. The van der Waals surface area contributed by atoms with Crippen molar-refractivity contribution in [3.8, 4) is 0 Å². The number of carbonyl (C=O) groups excluding carboxylic acids is 1. The van der Waals surface area contributed by atoms with E-state index in [-0.39, 0.29) is 11.6 Å². The number of halogens is 3. The SMILES string of the molecule is CN1CCCC1CNC(=O)c1cc(F)c(F)c(F)c1. The molecule has 19 heavy (non-hydrogen) atoms. The third-order valence-corrected chi connectivity index (χ3v) is 3.42. The number of likely N-dealkylation sites (tertiary alicyclic amines) is 1. The van der Waals surface area contributed by atoms with E-state index in [9.17, 15) is 18.0 Å². The van der Waals surface area contributed by atoms with E-state index < -0.39 is 23.4 Å². The maximum absolute atomic E-state index is 13.0. The summed E-state index contributed by atoms with van der Waals surface area (Å²) < 4.78 is 38.8. The number of amides is 1. The highest BCUT2D eigenvalue weighted by atomic mass is 19.2. The Bertz CT molecular complexity index is 470. The number of likely N-dealkylation sites (N-methyl/N-ethyl adjacent to an activating group) is 1. The van der Waals surface area contributed by atoms with Crippen molar-refractivity contribution in [3.63, 3.8) is 0 Å². The highest BCUT2D eigenvalue weighted by Crippen LogP contribution is 2.15. The van der Waals surface area contributed by atoms with E-state index in [0.717, 1.165) is 19.4 Å². The molecule has 1 N–H and O–H groups in total. The van der Waals surface area contributed by atoms with E-state index in [1.165, 1.54) is 0 Å². The molecule has 0 spiro atoms. The molecule has 1 aliphatic rings. The van der Waals surface area contributed by atoms with Crippen molar-refractivity contribution in [3.05, 3.63) is 35.1 Å². The summed E-state index contributed by atoms with van der Waals surface area (Å²) in [4.78, 5) is 13.9. The molecule has 2 rings (SSSR count).